The van der Waals surface area contributed by atoms with Gasteiger partial charge in [-0.05, 0) is 50.5 Å². The molecule has 2 fully saturated rings. The molecule has 2 bridgehead atoms. The first-order valence-electron chi connectivity index (χ1n) is 9.53. The van der Waals surface area contributed by atoms with Crippen molar-refractivity contribution in [2.24, 2.45) is 0 Å². The molecule has 1 aromatic carbocycles. The average molecular weight is 366 g/mol. The van der Waals surface area contributed by atoms with E-state index < -0.39 is 6.09 Å². The van der Waals surface area contributed by atoms with E-state index in [-0.39, 0.29) is 12.1 Å². The fraction of sp³-hybridized carbons (Fsp3) is 0.524. The maximum atomic E-state index is 11.6. The summed E-state index contributed by atoms with van der Waals surface area (Å²) in [5, 5.41) is 21.8. The second kappa shape index (κ2) is 8.79. The van der Waals surface area contributed by atoms with Crippen LogP contribution in [-0.2, 0) is 0 Å². The van der Waals surface area contributed by atoms with Crippen molar-refractivity contribution >= 4 is 11.8 Å². The molecule has 0 aliphatic carbocycles. The number of benzene rings is 1. The Kier molecular flexibility index (Phi) is 6.21. The predicted molar refractivity (Wildman–Crippen MR) is 104 cm³/mol. The normalized spacial score (nSPS) is 24.0. The molecule has 3 unspecified atom stereocenters. The number of carbonyl (C=O) groups is 1. The molecule has 142 valence electrons. The van der Waals surface area contributed by atoms with Crippen molar-refractivity contribution < 1.29 is 9.90 Å². The van der Waals surface area contributed by atoms with E-state index in [0.29, 0.717) is 24.6 Å². The highest BCUT2D eigenvalue weighted by Gasteiger charge is 2.47. The predicted octanol–water partition coefficient (Wildman–Crippen LogP) is 2.97. The van der Waals surface area contributed by atoms with Gasteiger partial charge >= 0.3 is 6.09 Å². The maximum Gasteiger partial charge on any atom is 0.407 e. The number of carboxylic acid groups (broad SMARTS) is 1. The summed E-state index contributed by atoms with van der Waals surface area (Å²) in [4.78, 5) is 15.8. The Hall–Kier alpha value is -2.70. The molecular weight excluding hydrogens is 340 g/mol. The first-order chi connectivity index (χ1) is 13.1. The molecular formula is C21H26N4O2. The summed E-state index contributed by atoms with van der Waals surface area (Å²) in [7, 11) is 0. The molecule has 0 aromatic heterocycles. The Morgan fingerprint density at radius 2 is 2.11 bits per heavy atom. The van der Waals surface area contributed by atoms with Crippen LogP contribution in [0.3, 0.4) is 0 Å². The van der Waals surface area contributed by atoms with Gasteiger partial charge in [0.15, 0.2) is 0 Å². The third-order valence-corrected chi connectivity index (χ3v) is 5.61. The monoisotopic (exact) mass is 366 g/mol. The van der Waals surface area contributed by atoms with E-state index in [1.54, 1.807) is 11.8 Å². The zero-order chi connectivity index (χ0) is 19.2. The zero-order valence-corrected chi connectivity index (χ0v) is 15.7. The second-order valence-electron chi connectivity index (χ2n) is 7.14. The van der Waals surface area contributed by atoms with Gasteiger partial charge in [-0.25, -0.2) is 4.79 Å². The van der Waals surface area contributed by atoms with Gasteiger partial charge in [-0.1, -0.05) is 0 Å². The summed E-state index contributed by atoms with van der Waals surface area (Å²) in [6.45, 7) is 4.20. The Balaban J connectivity index is 1.54. The number of nitriles is 1. The molecule has 3 rings (SSSR count). The molecule has 1 amide bonds. The smallest absolute Gasteiger partial charge is 0.407 e. The van der Waals surface area contributed by atoms with Crippen LogP contribution in [0.1, 0.15) is 38.2 Å². The molecule has 2 heterocycles. The number of anilines is 1. The summed E-state index contributed by atoms with van der Waals surface area (Å²) in [6.07, 6.45) is 2.89. The standard InChI is InChI=1S/C21H26N4O2/c1-2-3-5-19-20-11-10-18(15-25(19)21(26)27)24(20)13-4-12-23-17-8-6-16(14-22)7-9-17/h6-9,18-20,23H,4-5,10-13,15H2,1H3,(H,26,27). The van der Waals surface area contributed by atoms with Gasteiger partial charge in [0.2, 0.25) is 0 Å². The van der Waals surface area contributed by atoms with Crippen molar-refractivity contribution in [3.63, 3.8) is 0 Å². The van der Waals surface area contributed by atoms with E-state index >= 15 is 0 Å². The lowest BCUT2D eigenvalue weighted by Gasteiger charge is -2.45. The number of nitrogens with one attached hydrogen (secondary N) is 1. The van der Waals surface area contributed by atoms with Gasteiger partial charge in [-0.15, -0.1) is 11.8 Å². The first-order valence-corrected chi connectivity index (χ1v) is 9.53. The molecule has 27 heavy (non-hydrogen) atoms. The van der Waals surface area contributed by atoms with E-state index in [0.717, 1.165) is 38.0 Å². The Bertz CT molecular complexity index is 759. The zero-order valence-electron chi connectivity index (χ0n) is 15.7. The molecule has 6 nitrogen and oxygen atoms in total. The van der Waals surface area contributed by atoms with E-state index in [2.05, 4.69) is 28.1 Å². The molecule has 2 saturated heterocycles. The van der Waals surface area contributed by atoms with Crippen LogP contribution in [-0.4, -0.2) is 58.8 Å². The average Bonchev–Trinajstić information content (AvgIpc) is 2.97. The van der Waals surface area contributed by atoms with Crippen molar-refractivity contribution in [2.75, 3.05) is 25.0 Å². The van der Waals surface area contributed by atoms with Crippen LogP contribution < -0.4 is 5.32 Å². The van der Waals surface area contributed by atoms with E-state index in [4.69, 9.17) is 5.26 Å². The van der Waals surface area contributed by atoms with Gasteiger partial charge in [0.25, 0.3) is 0 Å². The second-order valence-corrected chi connectivity index (χ2v) is 7.14. The molecule has 2 aliphatic heterocycles. The molecule has 1 aromatic rings. The fourth-order valence-electron chi connectivity index (χ4n) is 4.32. The van der Waals surface area contributed by atoms with E-state index in [1.165, 1.54) is 0 Å². The fourth-order valence-corrected chi connectivity index (χ4v) is 4.32. The minimum absolute atomic E-state index is 0.0276. The summed E-state index contributed by atoms with van der Waals surface area (Å²) in [5.41, 5.74) is 1.68. The van der Waals surface area contributed by atoms with Crippen LogP contribution in [0, 0.1) is 23.2 Å². The van der Waals surface area contributed by atoms with Gasteiger partial charge in [0.1, 0.15) is 0 Å². The number of fused-ring (bicyclic) bond motifs is 2. The number of hydrogen-bond acceptors (Lipinski definition) is 4. The Morgan fingerprint density at radius 1 is 1.33 bits per heavy atom. The number of rotatable bonds is 6. The quantitative estimate of drug-likeness (QED) is 0.598. The minimum atomic E-state index is -0.822. The maximum absolute atomic E-state index is 11.6. The molecule has 0 radical (unpaired) electrons. The number of likely N-dealkylation sites (tertiary alicyclic amines) is 1. The van der Waals surface area contributed by atoms with Gasteiger partial charge in [0.05, 0.1) is 17.7 Å². The van der Waals surface area contributed by atoms with Crippen LogP contribution >= 0.6 is 0 Å². The lowest BCUT2D eigenvalue weighted by atomic mass is 9.99. The van der Waals surface area contributed by atoms with Gasteiger partial charge < -0.3 is 15.3 Å². The van der Waals surface area contributed by atoms with Gasteiger partial charge in [0, 0.05) is 43.8 Å². The van der Waals surface area contributed by atoms with E-state index in [1.807, 2.05) is 24.3 Å². The topological polar surface area (TPSA) is 79.6 Å². The number of nitrogens with zero attached hydrogens (tertiary/aromatic N) is 3. The summed E-state index contributed by atoms with van der Waals surface area (Å²) in [5.74, 6) is 6.00. The van der Waals surface area contributed by atoms with Gasteiger partial charge in [-0.2, -0.15) is 5.26 Å². The Labute approximate surface area is 160 Å². The third-order valence-electron chi connectivity index (χ3n) is 5.61. The molecule has 2 N–H and O–H groups in total. The van der Waals surface area contributed by atoms with E-state index in [9.17, 15) is 9.90 Å². The SMILES string of the molecule is CC#CCC1C2CCC(CN1C(=O)O)N2CCCNc1ccc(C#N)cc1. The van der Waals surface area contributed by atoms with Crippen LogP contribution in [0.2, 0.25) is 0 Å². The lowest BCUT2D eigenvalue weighted by Crippen LogP contribution is -2.61. The summed E-state index contributed by atoms with van der Waals surface area (Å²) >= 11 is 0. The van der Waals surface area contributed by atoms with Crippen LogP contribution in [0.25, 0.3) is 0 Å². The number of amides is 1. The molecule has 0 spiro atoms. The summed E-state index contributed by atoms with van der Waals surface area (Å²) < 4.78 is 0. The highest BCUT2D eigenvalue weighted by molar-refractivity contribution is 5.66. The number of hydrogen-bond donors (Lipinski definition) is 2. The molecule has 0 saturated carbocycles. The largest absolute Gasteiger partial charge is 0.465 e. The highest BCUT2D eigenvalue weighted by atomic mass is 16.4. The highest BCUT2D eigenvalue weighted by Crippen LogP contribution is 2.35. The number of piperazine rings is 1. The van der Waals surface area contributed by atoms with Crippen molar-refractivity contribution in [2.45, 2.75) is 50.7 Å². The van der Waals surface area contributed by atoms with Crippen molar-refractivity contribution in [1.29, 1.82) is 5.26 Å². The third kappa shape index (κ3) is 4.35. The van der Waals surface area contributed by atoms with Crippen LogP contribution in [0.4, 0.5) is 10.5 Å². The molecule has 6 heteroatoms. The molecule has 2 aliphatic rings. The molecule has 3 atom stereocenters. The van der Waals surface area contributed by atoms with Crippen LogP contribution in [0.5, 0.6) is 0 Å². The minimum Gasteiger partial charge on any atom is -0.465 e. The summed E-state index contributed by atoms with van der Waals surface area (Å²) in [6, 6.07) is 10.2. The lowest BCUT2D eigenvalue weighted by molar-refractivity contribution is 0.0226. The van der Waals surface area contributed by atoms with Crippen molar-refractivity contribution in [3.05, 3.63) is 29.8 Å². The Morgan fingerprint density at radius 3 is 2.78 bits per heavy atom. The van der Waals surface area contributed by atoms with Gasteiger partial charge in [-0.3, -0.25) is 4.90 Å². The first kappa shape index (κ1) is 19.1. The van der Waals surface area contributed by atoms with Crippen molar-refractivity contribution in [1.82, 2.24) is 9.80 Å². The van der Waals surface area contributed by atoms with Crippen molar-refractivity contribution in [3.8, 4) is 17.9 Å². The van der Waals surface area contributed by atoms with Crippen LogP contribution in [0.15, 0.2) is 24.3 Å².